The van der Waals surface area contributed by atoms with Gasteiger partial charge in [-0.2, -0.15) is 0 Å². The Morgan fingerprint density at radius 3 is 2.90 bits per heavy atom. The molecule has 6 heteroatoms. The predicted molar refractivity (Wildman–Crippen MR) is 71.0 cm³/mol. The van der Waals surface area contributed by atoms with Gasteiger partial charge in [-0.05, 0) is 24.1 Å². The number of aliphatic hydroxyl groups excluding tert-OH is 2. The third kappa shape index (κ3) is 3.15. The van der Waals surface area contributed by atoms with E-state index in [2.05, 4.69) is 5.32 Å². The zero-order chi connectivity index (χ0) is 14.7. The molecular weight excluding hydrogens is 262 g/mol. The predicted octanol–water partition coefficient (Wildman–Crippen LogP) is 0.529. The molecule has 0 saturated heterocycles. The Labute approximate surface area is 116 Å². The molecule has 1 aromatic rings. The molecule has 1 aromatic carbocycles. The van der Waals surface area contributed by atoms with Gasteiger partial charge in [0, 0.05) is 5.69 Å². The Hall–Kier alpha value is -1.92. The van der Waals surface area contributed by atoms with E-state index in [1.165, 1.54) is 0 Å². The Morgan fingerprint density at radius 2 is 2.20 bits per heavy atom. The number of hydrogen-bond donors (Lipinski definition) is 3. The summed E-state index contributed by atoms with van der Waals surface area (Å²) >= 11 is 0. The van der Waals surface area contributed by atoms with Crippen LogP contribution in [0.25, 0.3) is 0 Å². The van der Waals surface area contributed by atoms with Crippen molar-refractivity contribution in [2.75, 3.05) is 11.9 Å². The standard InChI is InChI=1S/C14H17NO5/c1-2-20-13(18)7-11(16)14(19)9-4-3-8-6-12(17)15-10(8)5-9/h3-5,11,14,16,19H,2,6-7H2,1H3,(H,15,17). The molecule has 0 bridgehead atoms. The molecule has 6 nitrogen and oxygen atoms in total. The average molecular weight is 279 g/mol. The number of ether oxygens (including phenoxy) is 1. The van der Waals surface area contributed by atoms with E-state index in [1.807, 2.05) is 0 Å². The highest BCUT2D eigenvalue weighted by atomic mass is 16.5. The van der Waals surface area contributed by atoms with Crippen molar-refractivity contribution in [2.45, 2.75) is 32.0 Å². The van der Waals surface area contributed by atoms with Gasteiger partial charge in [-0.1, -0.05) is 12.1 Å². The molecule has 108 valence electrons. The van der Waals surface area contributed by atoms with E-state index in [0.29, 0.717) is 17.7 Å². The van der Waals surface area contributed by atoms with Gasteiger partial charge in [-0.15, -0.1) is 0 Å². The van der Waals surface area contributed by atoms with Gasteiger partial charge < -0.3 is 20.3 Å². The summed E-state index contributed by atoms with van der Waals surface area (Å²) in [6.45, 7) is 1.90. The third-order valence-corrected chi connectivity index (χ3v) is 3.15. The monoisotopic (exact) mass is 279 g/mol. The van der Waals surface area contributed by atoms with Crippen molar-refractivity contribution < 1.29 is 24.5 Å². The van der Waals surface area contributed by atoms with Crippen LogP contribution >= 0.6 is 0 Å². The number of benzene rings is 1. The van der Waals surface area contributed by atoms with Crippen molar-refractivity contribution in [3.8, 4) is 0 Å². The zero-order valence-electron chi connectivity index (χ0n) is 11.1. The topological polar surface area (TPSA) is 95.9 Å². The summed E-state index contributed by atoms with van der Waals surface area (Å²) in [5.41, 5.74) is 1.93. The Kier molecular flexibility index (Phi) is 4.36. The molecule has 1 aliphatic heterocycles. The minimum absolute atomic E-state index is 0.0984. The molecule has 0 aromatic heterocycles. The smallest absolute Gasteiger partial charge is 0.308 e. The van der Waals surface area contributed by atoms with E-state index in [9.17, 15) is 19.8 Å². The summed E-state index contributed by atoms with van der Waals surface area (Å²) in [6, 6.07) is 4.97. The van der Waals surface area contributed by atoms with Gasteiger partial charge in [0.15, 0.2) is 0 Å². The second-order valence-electron chi connectivity index (χ2n) is 4.66. The normalized spacial score (nSPS) is 16.2. The average Bonchev–Trinajstić information content (AvgIpc) is 2.76. The Balaban J connectivity index is 2.06. The van der Waals surface area contributed by atoms with Crippen LogP contribution in [-0.4, -0.2) is 34.8 Å². The van der Waals surface area contributed by atoms with Crippen LogP contribution in [0.4, 0.5) is 5.69 Å². The molecule has 0 aliphatic carbocycles. The van der Waals surface area contributed by atoms with Gasteiger partial charge >= 0.3 is 5.97 Å². The van der Waals surface area contributed by atoms with Crippen molar-refractivity contribution >= 4 is 17.6 Å². The van der Waals surface area contributed by atoms with Gasteiger partial charge in [0.2, 0.25) is 5.91 Å². The second-order valence-corrected chi connectivity index (χ2v) is 4.66. The summed E-state index contributed by atoms with van der Waals surface area (Å²) in [6.07, 6.45) is -2.42. The molecule has 1 heterocycles. The van der Waals surface area contributed by atoms with Gasteiger partial charge in [-0.25, -0.2) is 0 Å². The summed E-state index contributed by atoms with van der Waals surface area (Å²) in [5.74, 6) is -0.660. The van der Waals surface area contributed by atoms with Crippen molar-refractivity contribution in [3.05, 3.63) is 29.3 Å². The molecule has 0 radical (unpaired) electrons. The van der Waals surface area contributed by atoms with E-state index in [0.717, 1.165) is 5.56 Å². The summed E-state index contributed by atoms with van der Waals surface area (Å²) in [7, 11) is 0. The van der Waals surface area contributed by atoms with E-state index in [-0.39, 0.29) is 18.9 Å². The fourth-order valence-electron chi connectivity index (χ4n) is 2.14. The quantitative estimate of drug-likeness (QED) is 0.683. The second kappa shape index (κ2) is 6.02. The molecule has 2 atom stereocenters. The summed E-state index contributed by atoms with van der Waals surface area (Å²) < 4.78 is 4.72. The van der Waals surface area contributed by atoms with Gasteiger partial charge in [-0.3, -0.25) is 9.59 Å². The van der Waals surface area contributed by atoms with Gasteiger partial charge in [0.25, 0.3) is 0 Å². The number of anilines is 1. The lowest BCUT2D eigenvalue weighted by molar-refractivity contribution is -0.147. The zero-order valence-corrected chi connectivity index (χ0v) is 11.1. The first-order valence-electron chi connectivity index (χ1n) is 6.45. The number of nitrogens with one attached hydrogen (secondary N) is 1. The molecule has 2 unspecified atom stereocenters. The molecule has 1 amide bonds. The number of aliphatic hydroxyl groups is 2. The molecule has 2 rings (SSSR count). The first-order valence-corrected chi connectivity index (χ1v) is 6.45. The number of rotatable bonds is 5. The van der Waals surface area contributed by atoms with Crippen LogP contribution in [-0.2, 0) is 20.7 Å². The number of amides is 1. The highest BCUT2D eigenvalue weighted by Gasteiger charge is 2.24. The fourth-order valence-corrected chi connectivity index (χ4v) is 2.14. The molecule has 3 N–H and O–H groups in total. The molecule has 0 spiro atoms. The maximum Gasteiger partial charge on any atom is 0.308 e. The Morgan fingerprint density at radius 1 is 1.45 bits per heavy atom. The lowest BCUT2D eigenvalue weighted by Crippen LogP contribution is -2.23. The summed E-state index contributed by atoms with van der Waals surface area (Å²) in [4.78, 5) is 22.5. The molecule has 20 heavy (non-hydrogen) atoms. The minimum atomic E-state index is -1.25. The van der Waals surface area contributed by atoms with Crippen LogP contribution in [0.15, 0.2) is 18.2 Å². The van der Waals surface area contributed by atoms with Crippen LogP contribution in [0.3, 0.4) is 0 Å². The number of hydrogen-bond acceptors (Lipinski definition) is 5. The van der Waals surface area contributed by atoms with E-state index in [1.54, 1.807) is 25.1 Å². The fraction of sp³-hybridized carbons (Fsp3) is 0.429. The first-order chi connectivity index (χ1) is 9.51. The lowest BCUT2D eigenvalue weighted by atomic mass is 10.00. The van der Waals surface area contributed by atoms with E-state index >= 15 is 0 Å². The molecule has 0 fully saturated rings. The van der Waals surface area contributed by atoms with Crippen molar-refractivity contribution in [1.29, 1.82) is 0 Å². The first kappa shape index (κ1) is 14.5. The van der Waals surface area contributed by atoms with Crippen LogP contribution in [0.5, 0.6) is 0 Å². The maximum absolute atomic E-state index is 11.3. The SMILES string of the molecule is CCOC(=O)CC(O)C(O)c1ccc2c(c1)NC(=O)C2. The van der Waals surface area contributed by atoms with Crippen LogP contribution in [0, 0.1) is 0 Å². The summed E-state index contributed by atoms with van der Waals surface area (Å²) in [5, 5.41) is 22.5. The Bertz CT molecular complexity index is 528. The third-order valence-electron chi connectivity index (χ3n) is 3.15. The van der Waals surface area contributed by atoms with Crippen LogP contribution in [0.2, 0.25) is 0 Å². The molecular formula is C14H17NO5. The van der Waals surface area contributed by atoms with Crippen molar-refractivity contribution in [3.63, 3.8) is 0 Å². The maximum atomic E-state index is 11.3. The van der Waals surface area contributed by atoms with Crippen molar-refractivity contribution in [1.82, 2.24) is 0 Å². The van der Waals surface area contributed by atoms with Crippen LogP contribution in [0.1, 0.15) is 30.6 Å². The highest BCUT2D eigenvalue weighted by Crippen LogP contribution is 2.28. The number of carbonyl (C=O) groups is 2. The highest BCUT2D eigenvalue weighted by molar-refractivity contribution is 5.99. The molecule has 1 aliphatic rings. The number of fused-ring (bicyclic) bond motifs is 1. The molecule has 0 saturated carbocycles. The van der Waals surface area contributed by atoms with Gasteiger partial charge in [0.1, 0.15) is 6.10 Å². The lowest BCUT2D eigenvalue weighted by Gasteiger charge is -2.18. The number of carbonyl (C=O) groups excluding carboxylic acids is 2. The van der Waals surface area contributed by atoms with Crippen molar-refractivity contribution in [2.24, 2.45) is 0 Å². The van der Waals surface area contributed by atoms with Gasteiger partial charge in [0.05, 0.1) is 25.6 Å². The largest absolute Gasteiger partial charge is 0.466 e. The van der Waals surface area contributed by atoms with E-state index < -0.39 is 18.2 Å². The van der Waals surface area contributed by atoms with Crippen LogP contribution < -0.4 is 5.32 Å². The minimum Gasteiger partial charge on any atom is -0.466 e. The van der Waals surface area contributed by atoms with E-state index in [4.69, 9.17) is 4.74 Å². The number of esters is 1.